The number of benzene rings is 8. The van der Waals surface area contributed by atoms with Crippen LogP contribution in [0.3, 0.4) is 0 Å². The number of para-hydroxylation sites is 3. The zero-order valence-corrected chi connectivity index (χ0v) is 31.7. The van der Waals surface area contributed by atoms with Gasteiger partial charge in [-0.1, -0.05) is 140 Å². The largest absolute Gasteiger partial charge is 0.485 e. The van der Waals surface area contributed by atoms with Crippen molar-refractivity contribution >= 4 is 34.1 Å². The summed E-state index contributed by atoms with van der Waals surface area (Å²) in [5.41, 5.74) is 17.9. The van der Waals surface area contributed by atoms with Crippen LogP contribution in [0, 0.1) is 0 Å². The van der Waals surface area contributed by atoms with Gasteiger partial charge in [-0.2, -0.15) is 0 Å². The average molecular weight is 743 g/mol. The first-order chi connectivity index (χ1) is 28.8. The maximum Gasteiger partial charge on any atom is 0.128 e. The molecule has 0 N–H and O–H groups in total. The topological polar surface area (TPSA) is 15.7 Å². The molecule has 3 heteroatoms. The molecule has 0 fully saturated rings. The van der Waals surface area contributed by atoms with E-state index in [1.807, 2.05) is 0 Å². The Balaban J connectivity index is 1.06. The van der Waals surface area contributed by atoms with Crippen LogP contribution in [0.2, 0.25) is 0 Å². The molecule has 0 amide bonds. The molecule has 12 rings (SSSR count). The van der Waals surface area contributed by atoms with Crippen LogP contribution in [-0.4, -0.2) is 6.10 Å². The Morgan fingerprint density at radius 1 is 0.379 bits per heavy atom. The third-order valence-electron chi connectivity index (χ3n) is 12.6. The molecule has 0 saturated carbocycles. The summed E-state index contributed by atoms with van der Waals surface area (Å²) in [4.78, 5) is 4.79. The van der Waals surface area contributed by atoms with E-state index in [1.165, 1.54) is 50.1 Å². The van der Waals surface area contributed by atoms with E-state index in [4.69, 9.17) is 4.74 Å². The van der Waals surface area contributed by atoms with Crippen LogP contribution >= 0.6 is 0 Å². The molecular weight excluding hydrogens is 705 g/mol. The number of nitrogens with zero attached hydrogens (tertiary/aromatic N) is 2. The van der Waals surface area contributed by atoms with Crippen LogP contribution < -0.4 is 14.5 Å². The first-order valence-electron chi connectivity index (χ1n) is 20.2. The normalized spacial score (nSPS) is 18.4. The minimum atomic E-state index is -0.467. The molecule has 4 aliphatic rings. The minimum absolute atomic E-state index is 0.000938. The van der Waals surface area contributed by atoms with E-state index in [0.29, 0.717) is 0 Å². The predicted octanol–water partition coefficient (Wildman–Crippen LogP) is 13.9. The van der Waals surface area contributed by atoms with Crippen LogP contribution in [-0.2, 0) is 5.41 Å². The van der Waals surface area contributed by atoms with Gasteiger partial charge in [0, 0.05) is 39.9 Å². The lowest BCUT2D eigenvalue weighted by Crippen LogP contribution is -2.26. The maximum atomic E-state index is 6.53. The summed E-state index contributed by atoms with van der Waals surface area (Å²) in [6.07, 6.45) is 8.70. The second-order valence-corrected chi connectivity index (χ2v) is 15.5. The highest BCUT2D eigenvalue weighted by Gasteiger charge is 2.52. The summed E-state index contributed by atoms with van der Waals surface area (Å²) >= 11 is 0. The molecule has 3 aliphatic carbocycles. The van der Waals surface area contributed by atoms with E-state index in [9.17, 15) is 0 Å². The number of fused-ring (bicyclic) bond motifs is 13. The molecule has 0 aromatic heterocycles. The highest BCUT2D eigenvalue weighted by molar-refractivity contribution is 5.98. The van der Waals surface area contributed by atoms with Crippen LogP contribution in [0.5, 0.6) is 5.75 Å². The number of ether oxygens (including phenoxy) is 1. The van der Waals surface area contributed by atoms with Gasteiger partial charge in [-0.15, -0.1) is 0 Å². The van der Waals surface area contributed by atoms with E-state index in [1.54, 1.807) is 0 Å². The van der Waals surface area contributed by atoms with E-state index >= 15 is 0 Å². The molecule has 1 heterocycles. The third kappa shape index (κ3) is 4.68. The van der Waals surface area contributed by atoms with Crippen LogP contribution in [0.4, 0.5) is 34.1 Å². The second-order valence-electron chi connectivity index (χ2n) is 15.5. The van der Waals surface area contributed by atoms with Gasteiger partial charge in [0.2, 0.25) is 0 Å². The summed E-state index contributed by atoms with van der Waals surface area (Å²) < 4.78 is 6.53. The van der Waals surface area contributed by atoms with Crippen molar-refractivity contribution in [1.29, 1.82) is 0 Å². The molecule has 1 aliphatic heterocycles. The van der Waals surface area contributed by atoms with Gasteiger partial charge >= 0.3 is 0 Å². The molecule has 274 valence electrons. The minimum Gasteiger partial charge on any atom is -0.485 e. The molecule has 8 aromatic rings. The smallest absolute Gasteiger partial charge is 0.128 e. The fraction of sp³-hybridized carbons (Fsp3) is 0.0545. The quantitative estimate of drug-likeness (QED) is 0.169. The number of rotatable bonds is 6. The van der Waals surface area contributed by atoms with Crippen molar-refractivity contribution in [2.75, 3.05) is 9.80 Å². The van der Waals surface area contributed by atoms with Crippen LogP contribution in [0.25, 0.3) is 22.3 Å². The molecule has 3 atom stereocenters. The highest BCUT2D eigenvalue weighted by atomic mass is 16.5. The van der Waals surface area contributed by atoms with E-state index in [2.05, 4.69) is 228 Å². The monoisotopic (exact) mass is 742 g/mol. The van der Waals surface area contributed by atoms with Gasteiger partial charge in [-0.25, -0.2) is 0 Å². The summed E-state index contributed by atoms with van der Waals surface area (Å²) in [5, 5.41) is 0. The Hall–Kier alpha value is -7.36. The molecule has 8 aromatic carbocycles. The first-order valence-corrected chi connectivity index (χ1v) is 20.2. The highest BCUT2D eigenvalue weighted by Crippen LogP contribution is 2.64. The Kier molecular flexibility index (Phi) is 7.27. The van der Waals surface area contributed by atoms with Gasteiger partial charge < -0.3 is 14.5 Å². The molecule has 3 nitrogen and oxygen atoms in total. The zero-order valence-electron chi connectivity index (χ0n) is 31.7. The molecule has 3 unspecified atom stereocenters. The maximum absolute atomic E-state index is 6.53. The zero-order chi connectivity index (χ0) is 38.2. The molecule has 0 radical (unpaired) electrons. The molecular formula is C55H38N2O. The van der Waals surface area contributed by atoms with Gasteiger partial charge in [0.25, 0.3) is 0 Å². The Labute approximate surface area is 339 Å². The lowest BCUT2D eigenvalue weighted by molar-refractivity contribution is 0.269. The Bertz CT molecular complexity index is 2910. The average Bonchev–Trinajstić information content (AvgIpc) is 3.92. The number of hydrogen-bond donors (Lipinski definition) is 0. The molecule has 1 spiro atoms. The van der Waals surface area contributed by atoms with Crippen molar-refractivity contribution in [3.63, 3.8) is 0 Å². The van der Waals surface area contributed by atoms with Crippen molar-refractivity contribution in [2.24, 2.45) is 0 Å². The standard InChI is InChI=1S/C55H38N2O/c1-4-17-37(18-5-1)56(38-19-6-2-7-20-38)40-31-33-49-45(35-40)42-23-10-13-26-47(42)55(49)48-27-14-11-24-43(48)46-36-41(32-34-50(46)55)57(39-21-8-3-9-22-39)51-28-16-30-53-54(51)44-25-12-15-29-52(44)58-53/h1-36,44,52H. The van der Waals surface area contributed by atoms with E-state index < -0.39 is 5.41 Å². The van der Waals surface area contributed by atoms with Crippen molar-refractivity contribution in [3.8, 4) is 28.0 Å². The molecule has 0 saturated heterocycles. The van der Waals surface area contributed by atoms with Crippen LogP contribution in [0.15, 0.2) is 218 Å². The van der Waals surface area contributed by atoms with Crippen molar-refractivity contribution in [3.05, 3.63) is 246 Å². The van der Waals surface area contributed by atoms with Gasteiger partial charge in [-0.3, -0.25) is 0 Å². The van der Waals surface area contributed by atoms with E-state index in [-0.39, 0.29) is 12.0 Å². The Morgan fingerprint density at radius 2 is 0.862 bits per heavy atom. The summed E-state index contributed by atoms with van der Waals surface area (Å²) in [7, 11) is 0. The Morgan fingerprint density at radius 3 is 1.45 bits per heavy atom. The summed E-state index contributed by atoms with van der Waals surface area (Å²) in [6, 6.07) is 71.1. The number of allylic oxidation sites excluding steroid dienone is 2. The third-order valence-corrected chi connectivity index (χ3v) is 12.6. The van der Waals surface area contributed by atoms with Crippen molar-refractivity contribution < 1.29 is 4.74 Å². The lowest BCUT2D eigenvalue weighted by atomic mass is 9.70. The second kappa shape index (κ2) is 12.8. The fourth-order valence-electron chi connectivity index (χ4n) is 10.3. The van der Waals surface area contributed by atoms with Gasteiger partial charge in [0.15, 0.2) is 0 Å². The molecule has 0 bridgehead atoms. The van der Waals surface area contributed by atoms with Crippen molar-refractivity contribution in [2.45, 2.75) is 17.4 Å². The predicted molar refractivity (Wildman–Crippen MR) is 238 cm³/mol. The summed E-state index contributed by atoms with van der Waals surface area (Å²) in [5.74, 6) is 1.10. The van der Waals surface area contributed by atoms with E-state index in [0.717, 1.165) is 39.9 Å². The van der Waals surface area contributed by atoms with Crippen LogP contribution in [0.1, 0.15) is 33.7 Å². The number of hydrogen-bond acceptors (Lipinski definition) is 3. The fourth-order valence-corrected chi connectivity index (χ4v) is 10.3. The van der Waals surface area contributed by atoms with Gasteiger partial charge in [-0.05, 0) is 123 Å². The number of anilines is 6. The SMILES string of the molecule is C1=CC2Oc3cccc(N(c4ccccc4)c4ccc5c(c4)-c4ccccc4C54c5ccccc5-c5cc(N(c6ccccc6)c6ccccc6)ccc54)c3C2C=C1. The molecule has 58 heavy (non-hydrogen) atoms. The van der Waals surface area contributed by atoms with Gasteiger partial charge in [0.1, 0.15) is 11.9 Å². The first kappa shape index (κ1) is 32.8. The van der Waals surface area contributed by atoms with Gasteiger partial charge in [0.05, 0.1) is 11.1 Å². The summed E-state index contributed by atoms with van der Waals surface area (Å²) in [6.45, 7) is 0. The van der Waals surface area contributed by atoms with Crippen molar-refractivity contribution in [1.82, 2.24) is 0 Å². The lowest BCUT2D eigenvalue weighted by Gasteiger charge is -2.32.